The zero-order valence-corrected chi connectivity index (χ0v) is 12.2. The average molecular weight is 305 g/mol. The fraction of sp³-hybridized carbons (Fsp3) is 0.250. The molecule has 0 bridgehead atoms. The Kier molecular flexibility index (Phi) is 4.60. The maximum Gasteiger partial charge on any atom is 0.323 e. The second kappa shape index (κ2) is 6.43. The zero-order chi connectivity index (χ0) is 16.3. The molecule has 22 heavy (non-hydrogen) atoms. The lowest BCUT2D eigenvalue weighted by Gasteiger charge is -2.23. The maximum atomic E-state index is 12.9. The fourth-order valence-corrected chi connectivity index (χ4v) is 2.00. The lowest BCUT2D eigenvalue weighted by atomic mass is 10.2. The molecule has 1 heterocycles. The van der Waals surface area contributed by atoms with Crippen LogP contribution in [0.4, 0.5) is 4.39 Å². The van der Waals surface area contributed by atoms with Gasteiger partial charge in [-0.1, -0.05) is 0 Å². The summed E-state index contributed by atoms with van der Waals surface area (Å²) in [7, 11) is 0. The van der Waals surface area contributed by atoms with E-state index in [1.807, 2.05) is 0 Å². The van der Waals surface area contributed by atoms with Crippen LogP contribution < -0.4 is 0 Å². The highest BCUT2D eigenvalue weighted by Gasteiger charge is 2.24. The molecule has 116 valence electrons. The van der Waals surface area contributed by atoms with Crippen LogP contribution in [0.3, 0.4) is 0 Å². The largest absolute Gasteiger partial charge is 0.480 e. The van der Waals surface area contributed by atoms with Gasteiger partial charge in [0, 0.05) is 11.6 Å². The Labute approximate surface area is 127 Å². The van der Waals surface area contributed by atoms with Gasteiger partial charge >= 0.3 is 5.97 Å². The van der Waals surface area contributed by atoms with E-state index in [0.717, 1.165) is 0 Å². The monoisotopic (exact) mass is 305 g/mol. The first-order valence-corrected chi connectivity index (χ1v) is 6.77. The van der Waals surface area contributed by atoms with E-state index < -0.39 is 18.4 Å². The topological polar surface area (TPSA) is 70.8 Å². The van der Waals surface area contributed by atoms with Crippen LogP contribution in [-0.4, -0.2) is 34.5 Å². The van der Waals surface area contributed by atoms with E-state index in [-0.39, 0.29) is 17.6 Å². The molecule has 1 aromatic heterocycles. The van der Waals surface area contributed by atoms with Gasteiger partial charge in [0.05, 0.1) is 0 Å². The van der Waals surface area contributed by atoms with E-state index in [2.05, 4.69) is 0 Å². The molecule has 1 aromatic carbocycles. The molecule has 0 saturated carbocycles. The van der Waals surface area contributed by atoms with Crippen molar-refractivity contribution in [2.75, 3.05) is 6.54 Å². The minimum absolute atomic E-state index is 0.0503. The molecule has 0 spiro atoms. The van der Waals surface area contributed by atoms with E-state index in [4.69, 9.17) is 9.52 Å². The minimum Gasteiger partial charge on any atom is -0.480 e. The van der Waals surface area contributed by atoms with E-state index in [0.29, 0.717) is 11.3 Å². The van der Waals surface area contributed by atoms with Crippen LogP contribution >= 0.6 is 0 Å². The number of furan rings is 1. The number of carbonyl (C=O) groups excluding carboxylic acids is 1. The Hall–Kier alpha value is -2.63. The number of carboxylic acid groups (broad SMARTS) is 1. The number of hydrogen-bond acceptors (Lipinski definition) is 3. The molecular formula is C16H16FNO4. The molecule has 5 nitrogen and oxygen atoms in total. The van der Waals surface area contributed by atoms with Gasteiger partial charge in [-0.2, -0.15) is 0 Å². The van der Waals surface area contributed by atoms with E-state index in [9.17, 15) is 14.0 Å². The van der Waals surface area contributed by atoms with Crippen molar-refractivity contribution in [3.05, 3.63) is 48.0 Å². The predicted octanol–water partition coefficient (Wildman–Crippen LogP) is 3.02. The highest BCUT2D eigenvalue weighted by Crippen LogP contribution is 2.23. The maximum absolute atomic E-state index is 12.9. The van der Waals surface area contributed by atoms with Gasteiger partial charge < -0.3 is 14.4 Å². The van der Waals surface area contributed by atoms with Crippen molar-refractivity contribution in [2.24, 2.45) is 0 Å². The standard InChI is InChI=1S/C16H16FNO4/c1-10(2)18(9-15(19)20)16(21)14-8-7-13(22-14)11-3-5-12(17)6-4-11/h3-8,10H,9H2,1-2H3,(H,19,20). The average Bonchev–Trinajstić information content (AvgIpc) is 2.94. The SMILES string of the molecule is CC(C)N(CC(=O)O)C(=O)c1ccc(-c2ccc(F)cc2)o1. The van der Waals surface area contributed by atoms with Gasteiger partial charge in [0.1, 0.15) is 18.1 Å². The summed E-state index contributed by atoms with van der Waals surface area (Å²) in [5, 5.41) is 8.88. The summed E-state index contributed by atoms with van der Waals surface area (Å²) < 4.78 is 18.4. The number of halogens is 1. The molecule has 0 unspecified atom stereocenters. The van der Waals surface area contributed by atoms with Crippen LogP contribution in [0.2, 0.25) is 0 Å². The van der Waals surface area contributed by atoms with Crippen LogP contribution in [0.15, 0.2) is 40.8 Å². The smallest absolute Gasteiger partial charge is 0.323 e. The molecule has 0 atom stereocenters. The number of rotatable bonds is 5. The molecule has 0 aliphatic heterocycles. The second-order valence-corrected chi connectivity index (χ2v) is 5.09. The van der Waals surface area contributed by atoms with Crippen molar-refractivity contribution >= 4 is 11.9 Å². The highest BCUT2D eigenvalue weighted by atomic mass is 19.1. The summed E-state index contributed by atoms with van der Waals surface area (Å²) in [4.78, 5) is 24.4. The molecular weight excluding hydrogens is 289 g/mol. The van der Waals surface area contributed by atoms with Crippen LogP contribution in [0.5, 0.6) is 0 Å². The molecule has 1 N–H and O–H groups in total. The van der Waals surface area contributed by atoms with Crippen molar-refractivity contribution in [3.8, 4) is 11.3 Å². The van der Waals surface area contributed by atoms with Crippen molar-refractivity contribution in [1.82, 2.24) is 4.90 Å². The fourth-order valence-electron chi connectivity index (χ4n) is 2.00. The zero-order valence-electron chi connectivity index (χ0n) is 12.2. The van der Waals surface area contributed by atoms with Gasteiger partial charge in [-0.05, 0) is 50.2 Å². The normalized spacial score (nSPS) is 10.7. The molecule has 2 rings (SSSR count). The third-order valence-electron chi connectivity index (χ3n) is 3.14. The number of carboxylic acids is 1. The molecule has 2 aromatic rings. The number of benzene rings is 1. The number of amides is 1. The van der Waals surface area contributed by atoms with Gasteiger partial charge in [0.15, 0.2) is 5.76 Å². The Balaban J connectivity index is 2.24. The van der Waals surface area contributed by atoms with Gasteiger partial charge in [-0.25, -0.2) is 4.39 Å². The Morgan fingerprint density at radius 3 is 2.36 bits per heavy atom. The van der Waals surface area contributed by atoms with Gasteiger partial charge in [0.25, 0.3) is 5.91 Å². The summed E-state index contributed by atoms with van der Waals surface area (Å²) in [6.07, 6.45) is 0. The molecule has 0 saturated heterocycles. The van der Waals surface area contributed by atoms with E-state index in [1.54, 1.807) is 32.0 Å². The molecule has 0 radical (unpaired) electrons. The van der Waals surface area contributed by atoms with Crippen molar-refractivity contribution in [1.29, 1.82) is 0 Å². The molecule has 0 aliphatic carbocycles. The Morgan fingerprint density at radius 1 is 1.18 bits per heavy atom. The predicted molar refractivity (Wildman–Crippen MR) is 77.9 cm³/mol. The number of carbonyl (C=O) groups is 2. The van der Waals surface area contributed by atoms with Crippen LogP contribution in [0.1, 0.15) is 24.4 Å². The Morgan fingerprint density at radius 2 is 1.82 bits per heavy atom. The van der Waals surface area contributed by atoms with Crippen LogP contribution in [0, 0.1) is 5.82 Å². The van der Waals surface area contributed by atoms with Gasteiger partial charge in [-0.3, -0.25) is 9.59 Å². The second-order valence-electron chi connectivity index (χ2n) is 5.09. The lowest BCUT2D eigenvalue weighted by molar-refractivity contribution is -0.138. The van der Waals surface area contributed by atoms with Crippen LogP contribution in [-0.2, 0) is 4.79 Å². The first-order valence-electron chi connectivity index (χ1n) is 6.77. The number of aliphatic carboxylic acids is 1. The van der Waals surface area contributed by atoms with E-state index >= 15 is 0 Å². The first kappa shape index (κ1) is 15.8. The third kappa shape index (κ3) is 3.52. The van der Waals surface area contributed by atoms with Crippen molar-refractivity contribution in [2.45, 2.75) is 19.9 Å². The third-order valence-corrected chi connectivity index (χ3v) is 3.14. The highest BCUT2D eigenvalue weighted by molar-refractivity contribution is 5.94. The van der Waals surface area contributed by atoms with Crippen molar-refractivity contribution in [3.63, 3.8) is 0 Å². The van der Waals surface area contributed by atoms with Gasteiger partial charge in [0.2, 0.25) is 0 Å². The quantitative estimate of drug-likeness (QED) is 0.921. The summed E-state index contributed by atoms with van der Waals surface area (Å²) in [6.45, 7) is 3.05. The Bertz CT molecular complexity index is 676. The summed E-state index contributed by atoms with van der Waals surface area (Å²) >= 11 is 0. The minimum atomic E-state index is -1.09. The number of hydrogen-bond donors (Lipinski definition) is 1. The van der Waals surface area contributed by atoms with Crippen LogP contribution in [0.25, 0.3) is 11.3 Å². The summed E-state index contributed by atoms with van der Waals surface area (Å²) in [6, 6.07) is 8.48. The summed E-state index contributed by atoms with van der Waals surface area (Å²) in [5.41, 5.74) is 0.634. The number of nitrogens with zero attached hydrogens (tertiary/aromatic N) is 1. The lowest BCUT2D eigenvalue weighted by Crippen LogP contribution is -2.40. The molecule has 6 heteroatoms. The molecule has 0 fully saturated rings. The first-order chi connectivity index (χ1) is 10.4. The van der Waals surface area contributed by atoms with Crippen molar-refractivity contribution < 1.29 is 23.5 Å². The van der Waals surface area contributed by atoms with E-state index in [1.165, 1.54) is 23.1 Å². The molecule has 0 aliphatic rings. The molecule has 1 amide bonds. The van der Waals surface area contributed by atoms with Gasteiger partial charge in [-0.15, -0.1) is 0 Å². The summed E-state index contributed by atoms with van der Waals surface area (Å²) in [5.74, 6) is -1.48.